The highest BCUT2D eigenvalue weighted by Crippen LogP contribution is 2.45. The summed E-state index contributed by atoms with van der Waals surface area (Å²) in [4.78, 5) is 12.5. The molecule has 116 valence electrons. The summed E-state index contributed by atoms with van der Waals surface area (Å²) in [6.45, 7) is 6.66. The van der Waals surface area contributed by atoms with E-state index >= 15 is 0 Å². The van der Waals surface area contributed by atoms with Crippen molar-refractivity contribution in [3.8, 4) is 0 Å². The molecule has 0 aliphatic heterocycles. The number of esters is 1. The van der Waals surface area contributed by atoms with E-state index in [0.717, 1.165) is 29.4 Å². The lowest BCUT2D eigenvalue weighted by Crippen LogP contribution is -2.54. The molecule has 4 heteroatoms. The number of halogens is 1. The molecule has 1 saturated carbocycles. The molecule has 1 aromatic carbocycles. The van der Waals surface area contributed by atoms with Crippen molar-refractivity contribution in [2.24, 2.45) is 11.3 Å². The van der Waals surface area contributed by atoms with Gasteiger partial charge in [0.05, 0.1) is 7.11 Å². The molecule has 0 radical (unpaired) electrons. The summed E-state index contributed by atoms with van der Waals surface area (Å²) in [5.74, 6) is 0.320. The molecule has 1 N–H and O–H groups in total. The molecule has 1 aromatic rings. The highest BCUT2D eigenvalue weighted by Gasteiger charge is 2.48. The zero-order valence-electron chi connectivity index (χ0n) is 13.2. The number of carbonyl (C=O) groups is 1. The lowest BCUT2D eigenvalue weighted by atomic mass is 9.64. The maximum atomic E-state index is 12.5. The normalized spacial score (nSPS) is 28.0. The maximum Gasteiger partial charge on any atom is 0.331 e. The molecule has 0 spiro atoms. The Morgan fingerprint density at radius 3 is 2.43 bits per heavy atom. The Kier molecular flexibility index (Phi) is 4.66. The zero-order chi connectivity index (χ0) is 15.7. The molecule has 2 unspecified atom stereocenters. The van der Waals surface area contributed by atoms with Gasteiger partial charge in [-0.1, -0.05) is 36.7 Å². The molecule has 0 aromatic heterocycles. The van der Waals surface area contributed by atoms with Gasteiger partial charge in [-0.3, -0.25) is 0 Å². The minimum atomic E-state index is -0.635. The summed E-state index contributed by atoms with van der Waals surface area (Å²) >= 11 is 3.43. The summed E-state index contributed by atoms with van der Waals surface area (Å²) in [6, 6.07) is 7.93. The topological polar surface area (TPSA) is 38.3 Å². The average molecular weight is 354 g/mol. The van der Waals surface area contributed by atoms with Crippen molar-refractivity contribution in [1.82, 2.24) is 0 Å². The van der Waals surface area contributed by atoms with E-state index in [1.165, 1.54) is 7.11 Å². The fourth-order valence-electron chi connectivity index (χ4n) is 3.88. The van der Waals surface area contributed by atoms with Crippen LogP contribution in [0.4, 0.5) is 5.69 Å². The van der Waals surface area contributed by atoms with Gasteiger partial charge in [0.25, 0.3) is 0 Å². The molecule has 0 amide bonds. The fraction of sp³-hybridized carbons (Fsp3) is 0.588. The lowest BCUT2D eigenvalue weighted by Gasteiger charge is -2.46. The number of rotatable bonds is 3. The van der Waals surface area contributed by atoms with Crippen molar-refractivity contribution < 1.29 is 9.53 Å². The molecular formula is C17H24BrNO2. The smallest absolute Gasteiger partial charge is 0.331 e. The largest absolute Gasteiger partial charge is 0.467 e. The third-order valence-corrected chi connectivity index (χ3v) is 4.71. The van der Waals surface area contributed by atoms with Crippen LogP contribution >= 0.6 is 15.9 Å². The van der Waals surface area contributed by atoms with E-state index in [0.29, 0.717) is 5.92 Å². The maximum absolute atomic E-state index is 12.5. The predicted molar refractivity (Wildman–Crippen MR) is 89.3 cm³/mol. The third-order valence-electron chi connectivity index (χ3n) is 4.18. The molecule has 1 fully saturated rings. The molecular weight excluding hydrogens is 330 g/mol. The molecule has 0 bridgehead atoms. The van der Waals surface area contributed by atoms with E-state index in [1.807, 2.05) is 24.3 Å². The first-order chi connectivity index (χ1) is 9.76. The molecule has 3 nitrogen and oxygen atoms in total. The minimum absolute atomic E-state index is 0.119. The Morgan fingerprint density at radius 1 is 1.29 bits per heavy atom. The summed E-state index contributed by atoms with van der Waals surface area (Å²) in [5, 5.41) is 3.46. The molecule has 1 aliphatic carbocycles. The second-order valence-electron chi connectivity index (χ2n) is 7.06. The summed E-state index contributed by atoms with van der Waals surface area (Å²) in [7, 11) is 1.47. The standard InChI is InChI=1S/C17H24BrNO2/c1-12-9-16(2,3)11-17(10-12,15(20)21-4)19-14-7-5-13(18)6-8-14/h5-8,12,19H,9-11H2,1-4H3. The van der Waals surface area contributed by atoms with Crippen LogP contribution in [0.15, 0.2) is 28.7 Å². The second-order valence-corrected chi connectivity index (χ2v) is 7.98. The van der Waals surface area contributed by atoms with Crippen LogP contribution in [0.3, 0.4) is 0 Å². The van der Waals surface area contributed by atoms with Crippen LogP contribution < -0.4 is 5.32 Å². The highest BCUT2D eigenvalue weighted by molar-refractivity contribution is 9.10. The van der Waals surface area contributed by atoms with Gasteiger partial charge in [0.15, 0.2) is 0 Å². The number of methoxy groups -OCH3 is 1. The average Bonchev–Trinajstić information content (AvgIpc) is 2.38. The van der Waals surface area contributed by atoms with Crippen molar-refractivity contribution in [3.63, 3.8) is 0 Å². The van der Waals surface area contributed by atoms with Crippen molar-refractivity contribution in [1.29, 1.82) is 0 Å². The Morgan fingerprint density at radius 2 is 1.90 bits per heavy atom. The van der Waals surface area contributed by atoms with E-state index in [2.05, 4.69) is 42.0 Å². The van der Waals surface area contributed by atoms with Gasteiger partial charge in [-0.25, -0.2) is 4.79 Å². The number of carbonyl (C=O) groups excluding carboxylic acids is 1. The van der Waals surface area contributed by atoms with Crippen molar-refractivity contribution in [2.75, 3.05) is 12.4 Å². The first-order valence-electron chi connectivity index (χ1n) is 7.38. The highest BCUT2D eigenvalue weighted by atomic mass is 79.9. The monoisotopic (exact) mass is 353 g/mol. The Bertz CT molecular complexity index is 512. The first-order valence-corrected chi connectivity index (χ1v) is 8.18. The van der Waals surface area contributed by atoms with Gasteiger partial charge in [-0.05, 0) is 54.9 Å². The van der Waals surface area contributed by atoms with Crippen LogP contribution in [0.2, 0.25) is 0 Å². The zero-order valence-corrected chi connectivity index (χ0v) is 14.8. The molecule has 0 saturated heterocycles. The van der Waals surface area contributed by atoms with Gasteiger partial charge < -0.3 is 10.1 Å². The van der Waals surface area contributed by atoms with Crippen LogP contribution in [-0.4, -0.2) is 18.6 Å². The third kappa shape index (κ3) is 3.79. The second kappa shape index (κ2) is 5.99. The molecule has 2 rings (SSSR count). The van der Waals surface area contributed by atoms with Crippen molar-refractivity contribution in [3.05, 3.63) is 28.7 Å². The lowest BCUT2D eigenvalue weighted by molar-refractivity contribution is -0.149. The molecule has 21 heavy (non-hydrogen) atoms. The number of nitrogens with one attached hydrogen (secondary N) is 1. The quantitative estimate of drug-likeness (QED) is 0.805. The predicted octanol–water partition coefficient (Wildman–Crippen LogP) is 4.62. The van der Waals surface area contributed by atoms with Gasteiger partial charge in [0.1, 0.15) is 5.54 Å². The summed E-state index contributed by atoms with van der Waals surface area (Å²) in [6.07, 6.45) is 2.72. The SMILES string of the molecule is COC(=O)C1(Nc2ccc(Br)cc2)CC(C)CC(C)(C)C1. The van der Waals surface area contributed by atoms with Crippen LogP contribution in [0, 0.1) is 11.3 Å². The Hall–Kier alpha value is -1.03. The first kappa shape index (κ1) is 16.3. The van der Waals surface area contributed by atoms with Crippen molar-refractivity contribution >= 4 is 27.6 Å². The van der Waals surface area contributed by atoms with Gasteiger partial charge in [-0.2, -0.15) is 0 Å². The number of anilines is 1. The van der Waals surface area contributed by atoms with Crippen LogP contribution in [0.1, 0.15) is 40.0 Å². The van der Waals surface area contributed by atoms with E-state index in [-0.39, 0.29) is 11.4 Å². The fourth-order valence-corrected chi connectivity index (χ4v) is 4.14. The number of hydrogen-bond donors (Lipinski definition) is 1. The van der Waals surface area contributed by atoms with Gasteiger partial charge in [-0.15, -0.1) is 0 Å². The van der Waals surface area contributed by atoms with E-state index in [4.69, 9.17) is 4.74 Å². The summed E-state index contributed by atoms with van der Waals surface area (Å²) < 4.78 is 6.15. The van der Waals surface area contributed by atoms with Crippen LogP contribution in [-0.2, 0) is 9.53 Å². The van der Waals surface area contributed by atoms with Gasteiger partial charge >= 0.3 is 5.97 Å². The van der Waals surface area contributed by atoms with E-state index in [1.54, 1.807) is 0 Å². The number of benzene rings is 1. The Balaban J connectivity index is 2.33. The van der Waals surface area contributed by atoms with Crippen molar-refractivity contribution in [2.45, 2.75) is 45.6 Å². The van der Waals surface area contributed by atoms with Gasteiger partial charge in [0.2, 0.25) is 0 Å². The van der Waals surface area contributed by atoms with Gasteiger partial charge in [0, 0.05) is 10.2 Å². The van der Waals surface area contributed by atoms with Crippen LogP contribution in [0.25, 0.3) is 0 Å². The van der Waals surface area contributed by atoms with E-state index < -0.39 is 5.54 Å². The van der Waals surface area contributed by atoms with E-state index in [9.17, 15) is 4.79 Å². The summed E-state index contributed by atoms with van der Waals surface area (Å²) in [5.41, 5.74) is 0.436. The Labute approximate surface area is 135 Å². The van der Waals surface area contributed by atoms with Crippen LogP contribution in [0.5, 0.6) is 0 Å². The molecule has 0 heterocycles. The number of ether oxygens (including phenoxy) is 1. The molecule has 2 atom stereocenters. The molecule has 1 aliphatic rings. The number of hydrogen-bond acceptors (Lipinski definition) is 3. The minimum Gasteiger partial charge on any atom is -0.467 e.